The fraction of sp³-hybridized carbons (Fsp3) is 0.158. The maximum atomic E-state index is 12.1. The zero-order valence-corrected chi connectivity index (χ0v) is 16.6. The smallest absolute Gasteiger partial charge is 0.311 e. The van der Waals surface area contributed by atoms with Gasteiger partial charge < -0.3 is 14.0 Å². The van der Waals surface area contributed by atoms with E-state index in [1.807, 2.05) is 36.4 Å². The molecular weight excluding hydrogens is 414 g/mol. The van der Waals surface area contributed by atoms with Crippen LogP contribution in [0, 0.1) is 0 Å². The van der Waals surface area contributed by atoms with Gasteiger partial charge in [-0.15, -0.1) is 0 Å². The van der Waals surface area contributed by atoms with Crippen molar-refractivity contribution in [3.8, 4) is 0 Å². The van der Waals surface area contributed by atoms with Crippen LogP contribution in [0.3, 0.4) is 0 Å². The van der Waals surface area contributed by atoms with Gasteiger partial charge in [-0.05, 0) is 60.8 Å². The fourth-order valence-electron chi connectivity index (χ4n) is 2.32. The quantitative estimate of drug-likeness (QED) is 0.492. The summed E-state index contributed by atoms with van der Waals surface area (Å²) in [4.78, 5) is 17.0. The van der Waals surface area contributed by atoms with Crippen LogP contribution < -0.4 is 9.62 Å². The summed E-state index contributed by atoms with van der Waals surface area (Å²) in [5.41, 5.74) is 1.83. The average molecular weight is 432 g/mol. The van der Waals surface area contributed by atoms with Crippen LogP contribution in [-0.4, -0.2) is 17.4 Å². The number of oxazole rings is 1. The summed E-state index contributed by atoms with van der Waals surface area (Å²) < 4.78 is 8.31. The van der Waals surface area contributed by atoms with Crippen LogP contribution in [0.2, 0.25) is 0 Å². The molecule has 0 fully saturated rings. The van der Waals surface area contributed by atoms with Crippen LogP contribution in [0.5, 0.6) is 0 Å². The first-order valence-corrected chi connectivity index (χ1v) is 9.74. The van der Waals surface area contributed by atoms with Gasteiger partial charge in [-0.3, -0.25) is 4.79 Å². The molecule has 3 aromatic rings. The highest BCUT2D eigenvalue weighted by Crippen LogP contribution is 2.31. The summed E-state index contributed by atoms with van der Waals surface area (Å²) in [5.74, 6) is -0.319. The molecule has 1 amide bonds. The zero-order chi connectivity index (χ0) is 18.4. The minimum absolute atomic E-state index is 0.0468. The standard InChI is InChI=1S/C19H18BrN3O2S/c1-2-11-23(16-8-6-14(20)7-9-16)26-17-5-3-4-15(13-17)22-18(24)19-21-10-12-25-19/h3-10,12-13H,2,11H2,1H3,(H,22,24). The first-order valence-electron chi connectivity index (χ1n) is 8.17. The van der Waals surface area contributed by atoms with Gasteiger partial charge >= 0.3 is 5.91 Å². The molecule has 0 aliphatic rings. The summed E-state index contributed by atoms with van der Waals surface area (Å²) in [6.07, 6.45) is 3.85. The Balaban J connectivity index is 1.73. The SMILES string of the molecule is CCCN(Sc1cccc(NC(=O)c2ncco2)c1)c1ccc(Br)cc1. The van der Waals surface area contributed by atoms with E-state index in [0.29, 0.717) is 5.69 Å². The van der Waals surface area contributed by atoms with Crippen molar-refractivity contribution in [2.24, 2.45) is 0 Å². The molecule has 1 aromatic heterocycles. The van der Waals surface area contributed by atoms with E-state index >= 15 is 0 Å². The molecule has 3 rings (SSSR count). The molecule has 0 radical (unpaired) electrons. The molecule has 26 heavy (non-hydrogen) atoms. The molecule has 0 saturated heterocycles. The fourth-order valence-corrected chi connectivity index (χ4v) is 3.65. The number of nitrogens with zero attached hydrogens (tertiary/aromatic N) is 2. The summed E-state index contributed by atoms with van der Waals surface area (Å²) in [6.45, 7) is 3.07. The van der Waals surface area contributed by atoms with Crippen molar-refractivity contribution in [1.82, 2.24) is 4.98 Å². The molecule has 1 heterocycles. The van der Waals surface area contributed by atoms with E-state index in [9.17, 15) is 4.79 Å². The second-order valence-corrected chi connectivity index (χ2v) is 7.50. The van der Waals surface area contributed by atoms with Crippen LogP contribution in [0.1, 0.15) is 24.0 Å². The molecule has 134 valence electrons. The number of halogens is 1. The van der Waals surface area contributed by atoms with E-state index in [2.05, 4.69) is 49.6 Å². The second kappa shape index (κ2) is 8.91. The number of carbonyl (C=O) groups is 1. The Morgan fingerprint density at radius 2 is 2.08 bits per heavy atom. The lowest BCUT2D eigenvalue weighted by atomic mass is 10.3. The van der Waals surface area contributed by atoms with Crippen molar-refractivity contribution in [3.05, 3.63) is 71.4 Å². The Morgan fingerprint density at radius 1 is 1.27 bits per heavy atom. The summed E-state index contributed by atoms with van der Waals surface area (Å²) in [5, 5.41) is 2.80. The van der Waals surface area contributed by atoms with Crippen LogP contribution >= 0.6 is 27.9 Å². The monoisotopic (exact) mass is 431 g/mol. The Bertz CT molecular complexity index is 853. The molecule has 7 heteroatoms. The van der Waals surface area contributed by atoms with Gasteiger partial charge in [0.2, 0.25) is 0 Å². The Labute approximate surface area is 165 Å². The first-order chi connectivity index (χ1) is 12.7. The molecule has 0 saturated carbocycles. The number of hydrogen-bond acceptors (Lipinski definition) is 5. The number of anilines is 2. The van der Waals surface area contributed by atoms with E-state index < -0.39 is 0 Å². The second-order valence-electron chi connectivity index (χ2n) is 5.49. The molecule has 0 aliphatic carbocycles. The van der Waals surface area contributed by atoms with Crippen molar-refractivity contribution in [1.29, 1.82) is 0 Å². The van der Waals surface area contributed by atoms with Crippen LogP contribution in [-0.2, 0) is 0 Å². The number of rotatable bonds is 7. The molecular formula is C19H18BrN3O2S. The van der Waals surface area contributed by atoms with Crippen molar-refractivity contribution in [2.45, 2.75) is 18.2 Å². The topological polar surface area (TPSA) is 58.4 Å². The molecule has 1 N–H and O–H groups in total. The van der Waals surface area contributed by atoms with E-state index in [1.54, 1.807) is 11.9 Å². The third-order valence-electron chi connectivity index (χ3n) is 3.48. The van der Waals surface area contributed by atoms with Gasteiger partial charge in [-0.2, -0.15) is 0 Å². The zero-order valence-electron chi connectivity index (χ0n) is 14.2. The third-order valence-corrected chi connectivity index (χ3v) is 5.08. The van der Waals surface area contributed by atoms with E-state index in [4.69, 9.17) is 4.42 Å². The third kappa shape index (κ3) is 4.89. The maximum Gasteiger partial charge on any atom is 0.311 e. The van der Waals surface area contributed by atoms with E-state index in [-0.39, 0.29) is 11.8 Å². The van der Waals surface area contributed by atoms with Gasteiger partial charge in [0.15, 0.2) is 0 Å². The highest BCUT2D eigenvalue weighted by molar-refractivity contribution is 9.10. The largest absolute Gasteiger partial charge is 0.441 e. The minimum atomic E-state index is -0.365. The Hall–Kier alpha value is -2.25. The normalized spacial score (nSPS) is 10.5. The lowest BCUT2D eigenvalue weighted by molar-refractivity contribution is 0.0990. The number of nitrogens with one attached hydrogen (secondary N) is 1. The van der Waals surface area contributed by atoms with Crippen molar-refractivity contribution < 1.29 is 9.21 Å². The van der Waals surface area contributed by atoms with Gasteiger partial charge in [0, 0.05) is 27.3 Å². The Kier molecular flexibility index (Phi) is 6.35. The lowest BCUT2D eigenvalue weighted by Crippen LogP contribution is -2.15. The first kappa shape index (κ1) is 18.5. The number of benzene rings is 2. The van der Waals surface area contributed by atoms with Gasteiger partial charge in [0.05, 0.1) is 6.20 Å². The predicted octanol–water partition coefficient (Wildman–Crippen LogP) is 5.61. The highest BCUT2D eigenvalue weighted by Gasteiger charge is 2.12. The van der Waals surface area contributed by atoms with Crippen molar-refractivity contribution in [2.75, 3.05) is 16.2 Å². The summed E-state index contributed by atoms with van der Waals surface area (Å²) in [6, 6.07) is 16.0. The number of hydrogen-bond donors (Lipinski definition) is 1. The summed E-state index contributed by atoms with van der Waals surface area (Å²) >= 11 is 5.11. The predicted molar refractivity (Wildman–Crippen MR) is 109 cm³/mol. The highest BCUT2D eigenvalue weighted by atomic mass is 79.9. The maximum absolute atomic E-state index is 12.1. The number of amides is 1. The van der Waals surface area contributed by atoms with Gasteiger partial charge in [0.1, 0.15) is 6.26 Å². The molecule has 2 aromatic carbocycles. The number of carbonyl (C=O) groups excluding carboxylic acids is 1. The van der Waals surface area contributed by atoms with Gasteiger partial charge in [-0.1, -0.05) is 28.9 Å². The average Bonchev–Trinajstić information content (AvgIpc) is 3.17. The minimum Gasteiger partial charge on any atom is -0.441 e. The molecule has 0 unspecified atom stereocenters. The number of aromatic nitrogens is 1. The van der Waals surface area contributed by atoms with Crippen molar-refractivity contribution in [3.63, 3.8) is 0 Å². The van der Waals surface area contributed by atoms with Crippen LogP contribution in [0.25, 0.3) is 0 Å². The lowest BCUT2D eigenvalue weighted by Gasteiger charge is -2.23. The molecule has 0 aliphatic heterocycles. The Morgan fingerprint density at radius 3 is 2.77 bits per heavy atom. The molecule has 0 atom stereocenters. The van der Waals surface area contributed by atoms with E-state index in [1.165, 1.54) is 12.5 Å². The molecule has 0 bridgehead atoms. The van der Waals surface area contributed by atoms with E-state index in [0.717, 1.165) is 28.0 Å². The molecule has 0 spiro atoms. The van der Waals surface area contributed by atoms with Gasteiger partial charge in [-0.25, -0.2) is 4.98 Å². The van der Waals surface area contributed by atoms with Crippen LogP contribution in [0.4, 0.5) is 11.4 Å². The van der Waals surface area contributed by atoms with Crippen LogP contribution in [0.15, 0.2) is 74.8 Å². The summed E-state index contributed by atoms with van der Waals surface area (Å²) in [7, 11) is 0. The van der Waals surface area contributed by atoms with Crippen molar-refractivity contribution >= 4 is 45.2 Å². The molecule has 5 nitrogen and oxygen atoms in total. The van der Waals surface area contributed by atoms with Gasteiger partial charge in [0.25, 0.3) is 5.89 Å².